The lowest BCUT2D eigenvalue weighted by molar-refractivity contribution is -0.384. The van der Waals surface area contributed by atoms with Crippen molar-refractivity contribution in [3.63, 3.8) is 0 Å². The molecule has 0 aromatic heterocycles. The summed E-state index contributed by atoms with van der Waals surface area (Å²) in [6, 6.07) is 21.3. The zero-order valence-corrected chi connectivity index (χ0v) is 22.5. The van der Waals surface area contributed by atoms with Crippen LogP contribution in [0.1, 0.15) is 35.8 Å². The van der Waals surface area contributed by atoms with Crippen molar-refractivity contribution >= 4 is 28.8 Å². The number of nitriles is 1. The Balaban J connectivity index is 1.79. The highest BCUT2D eigenvalue weighted by Gasteiger charge is 2.44. The molecular formula is C30H25ClN4O5. The van der Waals surface area contributed by atoms with E-state index >= 15 is 0 Å². The summed E-state index contributed by atoms with van der Waals surface area (Å²) in [5.74, 6) is -0.0935. The predicted molar refractivity (Wildman–Crippen MR) is 150 cm³/mol. The lowest BCUT2D eigenvalue weighted by Crippen LogP contribution is -2.40. The van der Waals surface area contributed by atoms with Crippen LogP contribution in [-0.4, -0.2) is 24.9 Å². The van der Waals surface area contributed by atoms with Crippen molar-refractivity contribution in [2.45, 2.75) is 24.7 Å². The number of nitrogens with two attached hydrogens (primary N) is 1. The van der Waals surface area contributed by atoms with Crippen LogP contribution in [0.2, 0.25) is 5.02 Å². The van der Waals surface area contributed by atoms with Crippen LogP contribution in [0.3, 0.4) is 0 Å². The van der Waals surface area contributed by atoms with Crippen molar-refractivity contribution < 1.29 is 19.2 Å². The molecule has 0 bridgehead atoms. The minimum absolute atomic E-state index is 0.0381. The van der Waals surface area contributed by atoms with Gasteiger partial charge in [-0.05, 0) is 48.2 Å². The third-order valence-electron chi connectivity index (χ3n) is 7.37. The molecule has 3 aromatic carbocycles. The van der Waals surface area contributed by atoms with Crippen LogP contribution in [0.5, 0.6) is 11.5 Å². The maximum absolute atomic E-state index is 14.1. The fraction of sp³-hybridized carbons (Fsp3) is 0.200. The molecule has 0 saturated carbocycles. The van der Waals surface area contributed by atoms with Crippen LogP contribution in [-0.2, 0) is 4.79 Å². The number of hydrogen-bond acceptors (Lipinski definition) is 8. The molecule has 3 aromatic rings. The number of nitro benzene ring substituents is 1. The van der Waals surface area contributed by atoms with E-state index in [1.165, 1.54) is 26.4 Å². The van der Waals surface area contributed by atoms with E-state index in [9.17, 15) is 20.2 Å². The van der Waals surface area contributed by atoms with Crippen molar-refractivity contribution in [1.82, 2.24) is 0 Å². The number of benzene rings is 3. The summed E-state index contributed by atoms with van der Waals surface area (Å²) < 4.78 is 11.1. The number of hydrogen-bond donors (Lipinski definition) is 1. The summed E-state index contributed by atoms with van der Waals surface area (Å²) in [4.78, 5) is 26.8. The Morgan fingerprint density at radius 3 is 2.48 bits per heavy atom. The highest BCUT2D eigenvalue weighted by molar-refractivity contribution is 6.32. The molecule has 0 radical (unpaired) electrons. The van der Waals surface area contributed by atoms with Crippen molar-refractivity contribution in [3.8, 4) is 17.6 Å². The van der Waals surface area contributed by atoms with Gasteiger partial charge in [0.1, 0.15) is 22.3 Å². The summed E-state index contributed by atoms with van der Waals surface area (Å²) in [6.45, 7) is 0. The predicted octanol–water partition coefficient (Wildman–Crippen LogP) is 5.96. The van der Waals surface area contributed by atoms with E-state index in [1.807, 2.05) is 30.3 Å². The van der Waals surface area contributed by atoms with Crippen LogP contribution in [0.15, 0.2) is 89.4 Å². The fourth-order valence-corrected chi connectivity index (χ4v) is 5.73. The molecule has 0 unspecified atom stereocenters. The molecule has 1 aliphatic heterocycles. The van der Waals surface area contributed by atoms with Crippen LogP contribution in [0.4, 0.5) is 11.4 Å². The molecule has 5 rings (SSSR count). The molecule has 0 amide bonds. The molecule has 0 saturated heterocycles. The number of ether oxygens (including phenoxy) is 2. The average Bonchev–Trinajstić information content (AvgIpc) is 2.97. The van der Waals surface area contributed by atoms with Crippen LogP contribution < -0.4 is 20.1 Å². The zero-order chi connectivity index (χ0) is 28.6. The van der Waals surface area contributed by atoms with Gasteiger partial charge in [0, 0.05) is 29.3 Å². The van der Waals surface area contributed by atoms with Gasteiger partial charge in [-0.2, -0.15) is 5.26 Å². The van der Waals surface area contributed by atoms with E-state index in [0.29, 0.717) is 40.4 Å². The molecule has 0 spiro atoms. The lowest BCUT2D eigenvalue weighted by atomic mass is 9.71. The van der Waals surface area contributed by atoms with Crippen molar-refractivity contribution in [2.75, 3.05) is 19.1 Å². The summed E-state index contributed by atoms with van der Waals surface area (Å²) in [6.07, 6.45) is 0.628. The Bertz CT molecular complexity index is 1630. The molecule has 1 aliphatic carbocycles. The minimum atomic E-state index is -0.826. The second-order valence-electron chi connectivity index (χ2n) is 9.48. The monoisotopic (exact) mass is 556 g/mol. The molecule has 202 valence electrons. The first-order chi connectivity index (χ1) is 19.3. The normalized spacial score (nSPS) is 18.8. The minimum Gasteiger partial charge on any atom is -0.497 e. The topological polar surface area (TPSA) is 132 Å². The van der Waals surface area contributed by atoms with E-state index in [2.05, 4.69) is 6.07 Å². The summed E-state index contributed by atoms with van der Waals surface area (Å²) >= 11 is 6.10. The number of methoxy groups -OCH3 is 2. The van der Waals surface area contributed by atoms with E-state index in [1.54, 1.807) is 29.2 Å². The number of carbonyl (C=O) groups is 1. The summed E-state index contributed by atoms with van der Waals surface area (Å²) in [5, 5.41) is 22.1. The van der Waals surface area contributed by atoms with Gasteiger partial charge in [0.05, 0.1) is 42.4 Å². The first kappa shape index (κ1) is 26.8. The largest absolute Gasteiger partial charge is 0.497 e. The van der Waals surface area contributed by atoms with Gasteiger partial charge in [0.2, 0.25) is 0 Å². The average molecular weight is 557 g/mol. The van der Waals surface area contributed by atoms with Crippen molar-refractivity contribution in [1.29, 1.82) is 5.26 Å². The highest BCUT2D eigenvalue weighted by Crippen LogP contribution is 2.51. The smallest absolute Gasteiger partial charge is 0.289 e. The summed E-state index contributed by atoms with van der Waals surface area (Å²) in [5.41, 5.74) is 9.34. The third kappa shape index (κ3) is 4.52. The first-order valence-electron chi connectivity index (χ1n) is 12.5. The number of nitrogens with zero attached hydrogens (tertiary/aromatic N) is 3. The molecule has 9 nitrogen and oxygen atoms in total. The number of nitro groups is 1. The Morgan fingerprint density at radius 1 is 1.07 bits per heavy atom. The Hall–Kier alpha value is -4.81. The number of Topliss-reactive ketones (excluding diaryl/α,β-unsaturated/α-hetero) is 1. The van der Waals surface area contributed by atoms with Gasteiger partial charge >= 0.3 is 0 Å². The quantitative estimate of drug-likeness (QED) is 0.290. The molecule has 0 fully saturated rings. The third-order valence-corrected chi connectivity index (χ3v) is 7.69. The molecule has 10 heteroatoms. The van der Waals surface area contributed by atoms with Gasteiger partial charge in [-0.25, -0.2) is 0 Å². The Morgan fingerprint density at radius 2 is 1.82 bits per heavy atom. The van der Waals surface area contributed by atoms with Crippen molar-refractivity contribution in [3.05, 3.63) is 116 Å². The van der Waals surface area contributed by atoms with Crippen molar-refractivity contribution in [2.24, 2.45) is 5.73 Å². The fourth-order valence-electron chi connectivity index (χ4n) is 5.54. The Kier molecular flexibility index (Phi) is 7.20. The summed E-state index contributed by atoms with van der Waals surface area (Å²) in [7, 11) is 3.04. The first-order valence-corrected chi connectivity index (χ1v) is 12.8. The molecule has 1 heterocycles. The van der Waals surface area contributed by atoms with E-state index < -0.39 is 10.8 Å². The number of anilines is 1. The van der Waals surface area contributed by atoms with Gasteiger partial charge in [0.15, 0.2) is 5.78 Å². The maximum Gasteiger partial charge on any atom is 0.289 e. The molecular weight excluding hydrogens is 532 g/mol. The number of rotatable bonds is 6. The van der Waals surface area contributed by atoms with E-state index in [0.717, 1.165) is 5.56 Å². The van der Waals surface area contributed by atoms with Gasteiger partial charge in [-0.1, -0.05) is 41.9 Å². The number of halogens is 1. The number of allylic oxidation sites excluding steroid dienone is 3. The maximum atomic E-state index is 14.1. The highest BCUT2D eigenvalue weighted by atomic mass is 35.5. The molecule has 2 N–H and O–H groups in total. The van der Waals surface area contributed by atoms with E-state index in [-0.39, 0.29) is 40.2 Å². The number of ketones is 1. The van der Waals surface area contributed by atoms with Gasteiger partial charge < -0.3 is 15.2 Å². The second kappa shape index (κ2) is 10.8. The SMILES string of the molecule is COc1ccc(OC)c([C@H]2C(C#N)=C(N)N(c3ccc(Cl)c([N+](=O)[O-])c3)C3=C2C(=O)C[C@H](c2ccccc2)C3)c1. The molecule has 40 heavy (non-hydrogen) atoms. The van der Waals surface area contributed by atoms with Gasteiger partial charge in [-0.15, -0.1) is 0 Å². The second-order valence-corrected chi connectivity index (χ2v) is 9.89. The van der Waals surface area contributed by atoms with Gasteiger partial charge in [-0.3, -0.25) is 19.8 Å². The molecule has 2 atom stereocenters. The molecule has 2 aliphatic rings. The zero-order valence-electron chi connectivity index (χ0n) is 21.8. The van der Waals surface area contributed by atoms with Crippen LogP contribution in [0, 0.1) is 21.4 Å². The lowest BCUT2D eigenvalue weighted by Gasteiger charge is -2.41. The Labute approximate surface area is 235 Å². The van der Waals surface area contributed by atoms with Crippen LogP contribution >= 0.6 is 11.6 Å². The van der Waals surface area contributed by atoms with Gasteiger partial charge in [0.25, 0.3) is 5.69 Å². The number of carbonyl (C=O) groups excluding carboxylic acids is 1. The van der Waals surface area contributed by atoms with E-state index in [4.69, 9.17) is 26.8 Å². The van der Waals surface area contributed by atoms with Crippen LogP contribution in [0.25, 0.3) is 0 Å². The standard InChI is InChI=1S/C30H25ClN4O5/c1-39-20-9-11-27(40-2)21(15-20)28-22(16-32)30(33)34(19-8-10-23(31)24(14-19)35(37)38)25-12-18(13-26(36)29(25)28)17-6-4-3-5-7-17/h3-11,14-15,18,28H,12-13,33H2,1-2H3/t18-,28+/m1/s1.